The zero-order valence-corrected chi connectivity index (χ0v) is 22.8. The number of ketones is 1. The third-order valence-corrected chi connectivity index (χ3v) is 8.48. The number of rotatable bonds is 5. The first-order valence-corrected chi connectivity index (χ1v) is 13.9. The summed E-state index contributed by atoms with van der Waals surface area (Å²) in [5.41, 5.74) is 7.20. The van der Waals surface area contributed by atoms with Crippen LogP contribution in [0.25, 0.3) is 21.8 Å². The van der Waals surface area contributed by atoms with Gasteiger partial charge in [-0.15, -0.1) is 11.3 Å². The molecule has 0 bridgehead atoms. The summed E-state index contributed by atoms with van der Waals surface area (Å²) in [5.74, 6) is 0.109. The Balaban J connectivity index is 1.81. The number of nitrogens with zero attached hydrogens (tertiary/aromatic N) is 2. The van der Waals surface area contributed by atoms with Crippen LogP contribution in [0.4, 0.5) is 0 Å². The van der Waals surface area contributed by atoms with Crippen LogP contribution >= 0.6 is 11.3 Å². The molecule has 5 rings (SSSR count). The molecule has 0 radical (unpaired) electrons. The van der Waals surface area contributed by atoms with Crippen LogP contribution in [0, 0.1) is 12.3 Å². The Bertz CT molecular complexity index is 1420. The number of aromatic nitrogens is 2. The van der Waals surface area contributed by atoms with Crippen molar-refractivity contribution in [2.75, 3.05) is 13.1 Å². The van der Waals surface area contributed by atoms with Crippen LogP contribution in [0.3, 0.4) is 0 Å². The maximum absolute atomic E-state index is 14.4. The molecule has 36 heavy (non-hydrogen) atoms. The molecule has 3 heterocycles. The van der Waals surface area contributed by atoms with Crippen molar-refractivity contribution in [3.63, 3.8) is 0 Å². The molecule has 2 aromatic heterocycles. The Morgan fingerprint density at radius 1 is 1.08 bits per heavy atom. The number of hydrogen-bond acceptors (Lipinski definition) is 5. The molecule has 0 unspecified atom stereocenters. The lowest BCUT2D eigenvalue weighted by Gasteiger charge is -2.33. The van der Waals surface area contributed by atoms with Crippen LogP contribution < -0.4 is 10.9 Å². The Kier molecular flexibility index (Phi) is 6.60. The Morgan fingerprint density at radius 3 is 2.44 bits per heavy atom. The highest BCUT2D eigenvalue weighted by Crippen LogP contribution is 2.39. The minimum Gasteiger partial charge on any atom is -0.313 e. The molecule has 5 nitrogen and oxygen atoms in total. The largest absolute Gasteiger partial charge is 0.313 e. The lowest BCUT2D eigenvalue weighted by Crippen LogP contribution is -2.35. The molecule has 1 N–H and O–H groups in total. The third-order valence-electron chi connectivity index (χ3n) is 7.47. The summed E-state index contributed by atoms with van der Waals surface area (Å²) in [6, 6.07) is 8.11. The molecule has 0 saturated heterocycles. The third kappa shape index (κ3) is 4.31. The van der Waals surface area contributed by atoms with E-state index in [0.717, 1.165) is 65.4 Å². The number of carbonyl (C=O) groups is 1. The molecule has 0 fully saturated rings. The van der Waals surface area contributed by atoms with E-state index in [2.05, 4.69) is 64.2 Å². The average Bonchev–Trinajstić information content (AvgIpc) is 3.24. The number of Topliss-reactive ketones (excluding diaryl/α,β-unsaturated/α-hetero) is 1. The number of nitrogens with one attached hydrogen (secondary N) is 1. The summed E-state index contributed by atoms with van der Waals surface area (Å²) in [7, 11) is 0. The maximum atomic E-state index is 14.4. The minimum absolute atomic E-state index is 0.0746. The SMILES string of the molecule is CCc1cccc(CC)c1-n1c2c(cc(-c3nc(C4=CCNCC4)c(C)s3)c1=O)C(=O)CC(C)(C)C2. The summed E-state index contributed by atoms with van der Waals surface area (Å²) >= 11 is 1.55. The molecule has 188 valence electrons. The van der Waals surface area contributed by atoms with E-state index in [1.807, 2.05) is 10.6 Å². The molecule has 6 heteroatoms. The van der Waals surface area contributed by atoms with Gasteiger partial charge in [0.15, 0.2) is 5.78 Å². The van der Waals surface area contributed by atoms with Gasteiger partial charge in [0.1, 0.15) is 5.01 Å². The maximum Gasteiger partial charge on any atom is 0.265 e. The molecule has 1 aliphatic carbocycles. The first-order chi connectivity index (χ1) is 17.2. The van der Waals surface area contributed by atoms with Crippen LogP contribution in [0.2, 0.25) is 0 Å². The quantitative estimate of drug-likeness (QED) is 0.471. The number of aryl methyl sites for hydroxylation is 3. The Hall–Kier alpha value is -2.83. The number of para-hydroxylation sites is 1. The van der Waals surface area contributed by atoms with E-state index < -0.39 is 0 Å². The van der Waals surface area contributed by atoms with Gasteiger partial charge in [-0.2, -0.15) is 0 Å². The highest BCUT2D eigenvalue weighted by atomic mass is 32.1. The zero-order valence-electron chi connectivity index (χ0n) is 22.0. The van der Waals surface area contributed by atoms with Crippen LogP contribution in [0.1, 0.15) is 78.3 Å². The number of carbonyl (C=O) groups excluding carboxylic acids is 1. The van der Waals surface area contributed by atoms with E-state index in [0.29, 0.717) is 29.0 Å². The van der Waals surface area contributed by atoms with Crippen LogP contribution in [0.5, 0.6) is 0 Å². The fourth-order valence-corrected chi connectivity index (χ4v) is 6.61. The molecular weight excluding hydrogens is 466 g/mol. The molecule has 0 amide bonds. The second-order valence-corrected chi connectivity index (χ2v) is 11.9. The minimum atomic E-state index is -0.195. The standard InChI is InChI=1S/C30H35N3O2S/c1-6-19-9-8-10-20(7-2)27(19)33-24-16-30(4,5)17-25(34)22(24)15-23(29(33)35)28-32-26(18(3)36-28)21-11-13-31-14-12-21/h8-11,15,31H,6-7,12-14,16-17H2,1-5H3. The second kappa shape index (κ2) is 9.56. The van der Waals surface area contributed by atoms with Gasteiger partial charge in [0.2, 0.25) is 0 Å². The summed E-state index contributed by atoms with van der Waals surface area (Å²) in [4.78, 5) is 33.9. The summed E-state index contributed by atoms with van der Waals surface area (Å²) < 4.78 is 1.88. The summed E-state index contributed by atoms with van der Waals surface area (Å²) in [6.07, 6.45) is 5.92. The van der Waals surface area contributed by atoms with E-state index in [1.165, 1.54) is 5.57 Å². The van der Waals surface area contributed by atoms with Crippen molar-refractivity contribution in [1.29, 1.82) is 0 Å². The summed E-state index contributed by atoms with van der Waals surface area (Å²) in [6.45, 7) is 12.3. The smallest absolute Gasteiger partial charge is 0.265 e. The molecule has 1 aliphatic heterocycles. The summed E-state index contributed by atoms with van der Waals surface area (Å²) in [5, 5.41) is 4.05. The zero-order chi connectivity index (χ0) is 25.6. The van der Waals surface area contributed by atoms with Crippen LogP contribution in [-0.2, 0) is 19.3 Å². The number of fused-ring (bicyclic) bond motifs is 1. The van der Waals surface area contributed by atoms with Crippen LogP contribution in [-0.4, -0.2) is 28.4 Å². The van der Waals surface area contributed by atoms with E-state index in [-0.39, 0.29) is 16.8 Å². The number of hydrogen-bond donors (Lipinski definition) is 1. The van der Waals surface area contributed by atoms with Gasteiger partial charge in [-0.3, -0.25) is 14.2 Å². The van der Waals surface area contributed by atoms with Gasteiger partial charge in [0.05, 0.1) is 16.9 Å². The predicted octanol–water partition coefficient (Wildman–Crippen LogP) is 5.93. The van der Waals surface area contributed by atoms with E-state index in [1.54, 1.807) is 11.3 Å². The Morgan fingerprint density at radius 2 is 1.81 bits per heavy atom. The molecule has 0 atom stereocenters. The fraction of sp³-hybridized carbons (Fsp3) is 0.433. The first kappa shape index (κ1) is 24.8. The highest BCUT2D eigenvalue weighted by Gasteiger charge is 2.35. The van der Waals surface area contributed by atoms with Gasteiger partial charge >= 0.3 is 0 Å². The molecule has 1 aromatic carbocycles. The molecule has 3 aromatic rings. The van der Waals surface area contributed by atoms with Crippen molar-refractivity contribution in [3.8, 4) is 16.3 Å². The van der Waals surface area contributed by atoms with E-state index >= 15 is 0 Å². The lowest BCUT2D eigenvalue weighted by molar-refractivity contribution is 0.0909. The van der Waals surface area contributed by atoms with Gasteiger partial charge in [-0.05, 0) is 67.3 Å². The highest BCUT2D eigenvalue weighted by molar-refractivity contribution is 7.15. The van der Waals surface area contributed by atoms with Crippen molar-refractivity contribution < 1.29 is 4.79 Å². The topological polar surface area (TPSA) is 64.0 Å². The van der Waals surface area contributed by atoms with Crippen molar-refractivity contribution in [3.05, 3.63) is 73.7 Å². The lowest BCUT2D eigenvalue weighted by atomic mass is 9.75. The molecule has 2 aliphatic rings. The monoisotopic (exact) mass is 501 g/mol. The van der Waals surface area contributed by atoms with Gasteiger partial charge in [-0.25, -0.2) is 4.98 Å². The van der Waals surface area contributed by atoms with Gasteiger partial charge in [-0.1, -0.05) is 52.0 Å². The Labute approximate surface area is 217 Å². The van der Waals surface area contributed by atoms with Gasteiger partial charge in [0.25, 0.3) is 5.56 Å². The molecule has 0 spiro atoms. The van der Waals surface area contributed by atoms with Gasteiger partial charge in [0, 0.05) is 29.1 Å². The van der Waals surface area contributed by atoms with Crippen LogP contribution in [0.15, 0.2) is 35.1 Å². The molecule has 0 saturated carbocycles. The van der Waals surface area contributed by atoms with Gasteiger partial charge < -0.3 is 5.32 Å². The van der Waals surface area contributed by atoms with Crippen molar-refractivity contribution in [2.45, 2.75) is 66.7 Å². The number of pyridine rings is 1. The van der Waals surface area contributed by atoms with E-state index in [9.17, 15) is 9.59 Å². The van der Waals surface area contributed by atoms with Crippen molar-refractivity contribution in [1.82, 2.24) is 14.9 Å². The van der Waals surface area contributed by atoms with Crippen molar-refractivity contribution >= 4 is 22.7 Å². The fourth-order valence-electron chi connectivity index (χ4n) is 5.65. The normalized spacial score (nSPS) is 17.1. The predicted molar refractivity (Wildman–Crippen MR) is 149 cm³/mol. The average molecular weight is 502 g/mol. The first-order valence-electron chi connectivity index (χ1n) is 13.0. The molecular formula is C30H35N3O2S. The van der Waals surface area contributed by atoms with Crippen molar-refractivity contribution in [2.24, 2.45) is 5.41 Å². The second-order valence-electron chi connectivity index (χ2n) is 10.7. The van der Waals surface area contributed by atoms with E-state index in [4.69, 9.17) is 4.98 Å². The number of benzene rings is 1. The number of thiazole rings is 1.